The summed E-state index contributed by atoms with van der Waals surface area (Å²) in [5.41, 5.74) is 0.00985. The van der Waals surface area contributed by atoms with Gasteiger partial charge in [0.15, 0.2) is 0 Å². The van der Waals surface area contributed by atoms with E-state index in [0.29, 0.717) is 5.56 Å². The molecule has 1 aromatic carbocycles. The summed E-state index contributed by atoms with van der Waals surface area (Å²) in [7, 11) is -3.82. The molecule has 1 N–H and O–H groups in total. The normalized spacial score (nSPS) is 12.0. The van der Waals surface area contributed by atoms with E-state index in [1.54, 1.807) is 45.9 Å². The molecule has 0 aliphatic rings. The SMILES string of the molecule is Cc1ccccc1S(=O)(=O)OCCNC(=O)OC(C)(C)C. The summed E-state index contributed by atoms with van der Waals surface area (Å²) < 4.78 is 33.8. The minimum Gasteiger partial charge on any atom is -0.444 e. The van der Waals surface area contributed by atoms with Crippen molar-refractivity contribution in [3.8, 4) is 0 Å². The van der Waals surface area contributed by atoms with Crippen LogP contribution >= 0.6 is 0 Å². The predicted octanol–water partition coefficient (Wildman–Crippen LogP) is 2.23. The Morgan fingerprint density at radius 2 is 1.86 bits per heavy atom. The average Bonchev–Trinajstić information content (AvgIpc) is 2.33. The van der Waals surface area contributed by atoms with E-state index in [4.69, 9.17) is 8.92 Å². The summed E-state index contributed by atoms with van der Waals surface area (Å²) in [6.45, 7) is 6.80. The molecule has 0 saturated carbocycles. The zero-order chi connectivity index (χ0) is 16.1. The fourth-order valence-electron chi connectivity index (χ4n) is 1.52. The molecule has 0 aliphatic carbocycles. The van der Waals surface area contributed by atoms with Crippen LogP contribution in [0, 0.1) is 6.92 Å². The molecule has 0 spiro atoms. The molecule has 0 aromatic heterocycles. The van der Waals surface area contributed by atoms with Crippen LogP contribution in [0.5, 0.6) is 0 Å². The van der Waals surface area contributed by atoms with Crippen LogP contribution in [0.4, 0.5) is 4.79 Å². The number of rotatable bonds is 5. The minimum absolute atomic E-state index is 0.0417. The van der Waals surface area contributed by atoms with Crippen molar-refractivity contribution in [2.75, 3.05) is 13.2 Å². The lowest BCUT2D eigenvalue weighted by Gasteiger charge is -2.19. The summed E-state index contributed by atoms with van der Waals surface area (Å²) in [5, 5.41) is 2.43. The summed E-state index contributed by atoms with van der Waals surface area (Å²) in [6.07, 6.45) is -0.612. The Morgan fingerprint density at radius 1 is 1.24 bits per heavy atom. The van der Waals surface area contributed by atoms with Gasteiger partial charge in [-0.15, -0.1) is 0 Å². The fourth-order valence-corrected chi connectivity index (χ4v) is 2.66. The van der Waals surface area contributed by atoms with Crippen molar-refractivity contribution in [1.29, 1.82) is 0 Å². The Morgan fingerprint density at radius 3 is 2.43 bits per heavy atom. The first-order valence-electron chi connectivity index (χ1n) is 6.54. The molecule has 0 aliphatic heterocycles. The van der Waals surface area contributed by atoms with E-state index >= 15 is 0 Å². The van der Waals surface area contributed by atoms with Crippen LogP contribution in [-0.2, 0) is 19.0 Å². The summed E-state index contributed by atoms with van der Waals surface area (Å²) >= 11 is 0. The van der Waals surface area contributed by atoms with E-state index in [1.807, 2.05) is 0 Å². The van der Waals surface area contributed by atoms with Gasteiger partial charge in [-0.1, -0.05) is 18.2 Å². The van der Waals surface area contributed by atoms with Crippen LogP contribution in [0.1, 0.15) is 26.3 Å². The minimum atomic E-state index is -3.82. The van der Waals surface area contributed by atoms with Crippen LogP contribution in [0.25, 0.3) is 0 Å². The molecule has 6 nitrogen and oxygen atoms in total. The number of benzene rings is 1. The molecular formula is C14H21NO5S. The second-order valence-corrected chi connectivity index (χ2v) is 7.05. The quantitative estimate of drug-likeness (QED) is 0.665. The Bertz CT molecular complexity index is 590. The lowest BCUT2D eigenvalue weighted by Crippen LogP contribution is -2.34. The van der Waals surface area contributed by atoms with Gasteiger partial charge < -0.3 is 10.1 Å². The average molecular weight is 315 g/mol. The highest BCUT2D eigenvalue weighted by molar-refractivity contribution is 7.86. The number of hydrogen-bond acceptors (Lipinski definition) is 5. The van der Waals surface area contributed by atoms with Gasteiger partial charge in [0.1, 0.15) is 5.60 Å². The second kappa shape index (κ2) is 6.91. The van der Waals surface area contributed by atoms with Gasteiger partial charge in [0.25, 0.3) is 10.1 Å². The predicted molar refractivity (Wildman–Crippen MR) is 78.6 cm³/mol. The molecule has 21 heavy (non-hydrogen) atoms. The van der Waals surface area contributed by atoms with Gasteiger partial charge in [-0.3, -0.25) is 4.18 Å². The Kier molecular flexibility index (Phi) is 5.74. The molecule has 1 amide bonds. The van der Waals surface area contributed by atoms with E-state index in [1.165, 1.54) is 6.07 Å². The third-order valence-electron chi connectivity index (χ3n) is 2.37. The van der Waals surface area contributed by atoms with Crippen LogP contribution in [-0.4, -0.2) is 33.3 Å². The van der Waals surface area contributed by atoms with Crippen molar-refractivity contribution >= 4 is 16.2 Å². The van der Waals surface area contributed by atoms with Gasteiger partial charge in [0.2, 0.25) is 0 Å². The lowest BCUT2D eigenvalue weighted by molar-refractivity contribution is 0.0520. The summed E-state index contributed by atoms with van der Waals surface area (Å²) in [4.78, 5) is 11.5. The van der Waals surface area contributed by atoms with Gasteiger partial charge in [0, 0.05) is 6.54 Å². The first-order valence-corrected chi connectivity index (χ1v) is 7.94. The molecule has 118 valence electrons. The highest BCUT2D eigenvalue weighted by Gasteiger charge is 2.18. The second-order valence-electron chi connectivity index (χ2n) is 5.47. The molecule has 7 heteroatoms. The molecule has 0 atom stereocenters. The maximum absolute atomic E-state index is 12.0. The first-order chi connectivity index (χ1) is 9.62. The van der Waals surface area contributed by atoms with E-state index in [-0.39, 0.29) is 18.0 Å². The number of alkyl carbamates (subject to hydrolysis) is 1. The maximum Gasteiger partial charge on any atom is 0.407 e. The largest absolute Gasteiger partial charge is 0.444 e. The van der Waals surface area contributed by atoms with Crippen molar-refractivity contribution in [2.24, 2.45) is 0 Å². The number of nitrogens with one attached hydrogen (secondary N) is 1. The lowest BCUT2D eigenvalue weighted by atomic mass is 10.2. The highest BCUT2D eigenvalue weighted by Crippen LogP contribution is 2.16. The van der Waals surface area contributed by atoms with Crippen LogP contribution < -0.4 is 5.32 Å². The molecule has 0 fully saturated rings. The van der Waals surface area contributed by atoms with E-state index < -0.39 is 21.8 Å². The zero-order valence-corrected chi connectivity index (χ0v) is 13.5. The summed E-state index contributed by atoms with van der Waals surface area (Å²) in [5.74, 6) is 0. The van der Waals surface area contributed by atoms with Crippen LogP contribution in [0.2, 0.25) is 0 Å². The van der Waals surface area contributed by atoms with Crippen molar-refractivity contribution in [1.82, 2.24) is 5.32 Å². The number of aryl methyl sites for hydroxylation is 1. The Hall–Kier alpha value is -1.60. The highest BCUT2D eigenvalue weighted by atomic mass is 32.2. The van der Waals surface area contributed by atoms with Gasteiger partial charge in [-0.25, -0.2) is 4.79 Å². The molecule has 0 bridgehead atoms. The third-order valence-corrected chi connectivity index (χ3v) is 3.85. The maximum atomic E-state index is 12.0. The molecule has 0 unspecified atom stereocenters. The topological polar surface area (TPSA) is 81.7 Å². The Labute approximate surface area is 125 Å². The van der Waals surface area contributed by atoms with E-state index in [9.17, 15) is 13.2 Å². The van der Waals surface area contributed by atoms with Crippen LogP contribution in [0.15, 0.2) is 29.2 Å². The van der Waals surface area contributed by atoms with Crippen LogP contribution in [0.3, 0.4) is 0 Å². The molecule has 0 radical (unpaired) electrons. The van der Waals surface area contributed by atoms with Crippen molar-refractivity contribution < 1.29 is 22.1 Å². The molecule has 0 heterocycles. The standard InChI is InChI=1S/C14H21NO5S/c1-11-7-5-6-8-12(11)21(17,18)19-10-9-15-13(16)20-14(2,3)4/h5-8H,9-10H2,1-4H3,(H,15,16). The monoisotopic (exact) mass is 315 g/mol. The van der Waals surface area contributed by atoms with Gasteiger partial charge in [0.05, 0.1) is 11.5 Å². The van der Waals surface area contributed by atoms with Crippen molar-refractivity contribution in [2.45, 2.75) is 38.2 Å². The van der Waals surface area contributed by atoms with E-state index in [0.717, 1.165) is 0 Å². The number of carbonyl (C=O) groups is 1. The van der Waals surface area contributed by atoms with E-state index in [2.05, 4.69) is 5.32 Å². The van der Waals surface area contributed by atoms with Gasteiger partial charge in [-0.2, -0.15) is 8.42 Å². The number of amides is 1. The Balaban J connectivity index is 2.46. The van der Waals surface area contributed by atoms with Crippen molar-refractivity contribution in [3.63, 3.8) is 0 Å². The first kappa shape index (κ1) is 17.5. The third kappa shape index (κ3) is 6.14. The van der Waals surface area contributed by atoms with Gasteiger partial charge >= 0.3 is 6.09 Å². The fraction of sp³-hybridized carbons (Fsp3) is 0.500. The number of ether oxygens (including phenoxy) is 1. The number of carbonyl (C=O) groups excluding carboxylic acids is 1. The molecule has 0 saturated heterocycles. The molecular weight excluding hydrogens is 294 g/mol. The smallest absolute Gasteiger partial charge is 0.407 e. The molecule has 1 rings (SSSR count). The number of hydrogen-bond donors (Lipinski definition) is 1. The zero-order valence-electron chi connectivity index (χ0n) is 12.7. The van der Waals surface area contributed by atoms with Crippen molar-refractivity contribution in [3.05, 3.63) is 29.8 Å². The summed E-state index contributed by atoms with van der Waals surface area (Å²) in [6, 6.07) is 6.54. The molecule has 1 aromatic rings. The van der Waals surface area contributed by atoms with Gasteiger partial charge in [-0.05, 0) is 39.3 Å².